The highest BCUT2D eigenvalue weighted by Crippen LogP contribution is 2.18. The third kappa shape index (κ3) is 4.90. The van der Waals surface area contributed by atoms with Crippen LogP contribution in [0.4, 0.5) is 10.6 Å². The maximum absolute atomic E-state index is 11.6. The topological polar surface area (TPSA) is 77.5 Å². The number of pyridine rings is 1. The summed E-state index contributed by atoms with van der Waals surface area (Å²) >= 11 is 0. The molecule has 1 aliphatic rings. The van der Waals surface area contributed by atoms with Gasteiger partial charge in [-0.3, -0.25) is 0 Å². The van der Waals surface area contributed by atoms with E-state index in [2.05, 4.69) is 20.5 Å². The maximum Gasteiger partial charge on any atom is 0.315 e. The van der Waals surface area contributed by atoms with Crippen molar-refractivity contribution >= 4 is 11.8 Å². The molecular formula is C15H24N4O2. The quantitative estimate of drug-likeness (QED) is 0.763. The van der Waals surface area contributed by atoms with E-state index in [9.17, 15) is 4.79 Å². The van der Waals surface area contributed by atoms with Gasteiger partial charge in [0.05, 0.1) is 12.6 Å². The Morgan fingerprint density at radius 1 is 1.43 bits per heavy atom. The molecule has 2 amide bonds. The van der Waals surface area contributed by atoms with Crippen LogP contribution in [-0.2, 0) is 6.54 Å². The van der Waals surface area contributed by atoms with Gasteiger partial charge in [0, 0.05) is 25.8 Å². The van der Waals surface area contributed by atoms with Gasteiger partial charge in [0.25, 0.3) is 0 Å². The Morgan fingerprint density at radius 3 is 2.90 bits per heavy atom. The smallest absolute Gasteiger partial charge is 0.315 e. The minimum absolute atomic E-state index is 0.0677. The van der Waals surface area contributed by atoms with Crippen molar-refractivity contribution in [3.8, 4) is 0 Å². The molecule has 6 heteroatoms. The molecule has 0 aromatic carbocycles. The monoisotopic (exact) mass is 292 g/mol. The number of aliphatic hydroxyl groups excluding tert-OH is 1. The summed E-state index contributed by atoms with van der Waals surface area (Å²) in [5, 5.41) is 14.3. The minimum atomic E-state index is -0.270. The summed E-state index contributed by atoms with van der Waals surface area (Å²) < 4.78 is 0. The fourth-order valence-corrected chi connectivity index (χ4v) is 2.37. The Labute approximate surface area is 125 Å². The van der Waals surface area contributed by atoms with E-state index in [0.717, 1.165) is 24.5 Å². The number of hydrogen-bond acceptors (Lipinski definition) is 4. The number of aliphatic hydroxyl groups is 1. The Morgan fingerprint density at radius 2 is 2.19 bits per heavy atom. The molecule has 116 valence electrons. The van der Waals surface area contributed by atoms with E-state index in [1.807, 2.05) is 12.1 Å². The third-order valence-electron chi connectivity index (χ3n) is 3.59. The number of carbonyl (C=O) groups excluding carboxylic acids is 1. The SMILES string of the molecule is C[C@H](CO)NC(=O)NCc1ccnc(N2CCCCC2)c1. The number of rotatable bonds is 5. The van der Waals surface area contributed by atoms with Gasteiger partial charge in [0.2, 0.25) is 0 Å². The van der Waals surface area contributed by atoms with E-state index >= 15 is 0 Å². The molecule has 3 N–H and O–H groups in total. The second kappa shape index (κ2) is 7.83. The molecule has 0 bridgehead atoms. The van der Waals surface area contributed by atoms with Crippen LogP contribution in [0.2, 0.25) is 0 Å². The van der Waals surface area contributed by atoms with Crippen LogP contribution < -0.4 is 15.5 Å². The Hall–Kier alpha value is -1.82. The first-order chi connectivity index (χ1) is 10.2. The first-order valence-electron chi connectivity index (χ1n) is 7.54. The summed E-state index contributed by atoms with van der Waals surface area (Å²) in [4.78, 5) is 18.3. The highest BCUT2D eigenvalue weighted by molar-refractivity contribution is 5.74. The molecule has 1 aliphatic heterocycles. The summed E-state index contributed by atoms with van der Waals surface area (Å²) in [7, 11) is 0. The highest BCUT2D eigenvalue weighted by Gasteiger charge is 2.12. The number of piperidine rings is 1. The largest absolute Gasteiger partial charge is 0.394 e. The Bertz CT molecular complexity index is 461. The number of amides is 2. The van der Waals surface area contributed by atoms with E-state index in [1.165, 1.54) is 19.3 Å². The fourth-order valence-electron chi connectivity index (χ4n) is 2.37. The number of carbonyl (C=O) groups is 1. The second-order valence-corrected chi connectivity index (χ2v) is 5.48. The summed E-state index contributed by atoms with van der Waals surface area (Å²) in [5.41, 5.74) is 1.03. The van der Waals surface area contributed by atoms with E-state index in [4.69, 9.17) is 5.11 Å². The molecule has 0 unspecified atom stereocenters. The standard InChI is InChI=1S/C15H24N4O2/c1-12(11-20)18-15(21)17-10-13-5-6-16-14(9-13)19-7-3-2-4-8-19/h5-6,9,12,20H,2-4,7-8,10-11H2,1H3,(H2,17,18,21)/t12-/m1/s1. The predicted octanol–water partition coefficient (Wildman–Crippen LogP) is 1.25. The number of urea groups is 1. The Kier molecular flexibility index (Phi) is 5.80. The molecule has 6 nitrogen and oxygen atoms in total. The molecule has 21 heavy (non-hydrogen) atoms. The van der Waals surface area contributed by atoms with Crippen LogP contribution in [0.5, 0.6) is 0 Å². The number of aromatic nitrogens is 1. The van der Waals surface area contributed by atoms with Gasteiger partial charge in [-0.15, -0.1) is 0 Å². The molecule has 0 radical (unpaired) electrons. The molecule has 2 rings (SSSR count). The van der Waals surface area contributed by atoms with Crippen molar-refractivity contribution in [2.75, 3.05) is 24.6 Å². The van der Waals surface area contributed by atoms with Crippen LogP contribution in [0, 0.1) is 0 Å². The van der Waals surface area contributed by atoms with Gasteiger partial charge < -0.3 is 20.6 Å². The van der Waals surface area contributed by atoms with Gasteiger partial charge >= 0.3 is 6.03 Å². The first kappa shape index (κ1) is 15.6. The first-order valence-corrected chi connectivity index (χ1v) is 7.54. The number of nitrogens with one attached hydrogen (secondary N) is 2. The zero-order chi connectivity index (χ0) is 15.1. The number of anilines is 1. The van der Waals surface area contributed by atoms with Gasteiger partial charge in [0.15, 0.2) is 0 Å². The van der Waals surface area contributed by atoms with E-state index in [0.29, 0.717) is 6.54 Å². The predicted molar refractivity (Wildman–Crippen MR) is 82.2 cm³/mol. The molecule has 1 fully saturated rings. The van der Waals surface area contributed by atoms with Crippen LogP contribution in [0.1, 0.15) is 31.7 Å². The average molecular weight is 292 g/mol. The van der Waals surface area contributed by atoms with Crippen molar-refractivity contribution in [2.24, 2.45) is 0 Å². The summed E-state index contributed by atoms with van der Waals surface area (Å²) in [6, 6.07) is 3.42. The van der Waals surface area contributed by atoms with E-state index in [-0.39, 0.29) is 18.7 Å². The minimum Gasteiger partial charge on any atom is -0.394 e. The second-order valence-electron chi connectivity index (χ2n) is 5.48. The van der Waals surface area contributed by atoms with Gasteiger partial charge in [-0.05, 0) is 43.9 Å². The molecule has 0 spiro atoms. The molecule has 0 saturated carbocycles. The molecule has 1 saturated heterocycles. The lowest BCUT2D eigenvalue weighted by atomic mass is 10.1. The molecule has 1 aromatic rings. The zero-order valence-corrected chi connectivity index (χ0v) is 12.5. The van der Waals surface area contributed by atoms with Crippen molar-refractivity contribution in [1.29, 1.82) is 0 Å². The van der Waals surface area contributed by atoms with Crippen molar-refractivity contribution in [2.45, 2.75) is 38.8 Å². The summed E-state index contributed by atoms with van der Waals surface area (Å²) in [6.45, 7) is 4.24. The Balaban J connectivity index is 1.87. The normalized spacial score (nSPS) is 16.4. The van der Waals surface area contributed by atoms with Gasteiger partial charge in [-0.2, -0.15) is 0 Å². The van der Waals surface area contributed by atoms with Crippen LogP contribution in [0.3, 0.4) is 0 Å². The number of hydrogen-bond donors (Lipinski definition) is 3. The highest BCUT2D eigenvalue weighted by atomic mass is 16.3. The maximum atomic E-state index is 11.6. The lowest BCUT2D eigenvalue weighted by Crippen LogP contribution is -2.42. The molecular weight excluding hydrogens is 268 g/mol. The van der Waals surface area contributed by atoms with Crippen molar-refractivity contribution in [1.82, 2.24) is 15.6 Å². The van der Waals surface area contributed by atoms with E-state index in [1.54, 1.807) is 13.1 Å². The van der Waals surface area contributed by atoms with Gasteiger partial charge in [-0.1, -0.05) is 0 Å². The number of nitrogens with zero attached hydrogens (tertiary/aromatic N) is 2. The fraction of sp³-hybridized carbons (Fsp3) is 0.600. The van der Waals surface area contributed by atoms with Gasteiger partial charge in [-0.25, -0.2) is 9.78 Å². The summed E-state index contributed by atoms with van der Waals surface area (Å²) in [5.74, 6) is 0.984. The summed E-state index contributed by atoms with van der Waals surface area (Å²) in [6.07, 6.45) is 5.51. The zero-order valence-electron chi connectivity index (χ0n) is 12.5. The average Bonchev–Trinajstić information content (AvgIpc) is 2.54. The van der Waals surface area contributed by atoms with Crippen LogP contribution in [0.25, 0.3) is 0 Å². The lowest BCUT2D eigenvalue weighted by Gasteiger charge is -2.27. The van der Waals surface area contributed by atoms with Crippen molar-refractivity contribution < 1.29 is 9.90 Å². The molecule has 1 atom stereocenters. The lowest BCUT2D eigenvalue weighted by molar-refractivity contribution is 0.220. The van der Waals surface area contributed by atoms with E-state index < -0.39 is 0 Å². The third-order valence-corrected chi connectivity index (χ3v) is 3.59. The van der Waals surface area contributed by atoms with Crippen LogP contribution >= 0.6 is 0 Å². The van der Waals surface area contributed by atoms with Gasteiger partial charge in [0.1, 0.15) is 5.82 Å². The molecule has 2 heterocycles. The van der Waals surface area contributed by atoms with Crippen molar-refractivity contribution in [3.63, 3.8) is 0 Å². The van der Waals surface area contributed by atoms with Crippen molar-refractivity contribution in [3.05, 3.63) is 23.9 Å². The van der Waals surface area contributed by atoms with Crippen LogP contribution in [0.15, 0.2) is 18.3 Å². The van der Waals surface area contributed by atoms with Crippen LogP contribution in [-0.4, -0.2) is 41.9 Å². The molecule has 1 aromatic heterocycles. The molecule has 0 aliphatic carbocycles.